The van der Waals surface area contributed by atoms with E-state index in [9.17, 15) is 13.0 Å². The van der Waals surface area contributed by atoms with Crippen LogP contribution in [0, 0.1) is 0 Å². The fourth-order valence-electron chi connectivity index (χ4n) is 0.634. The maximum atomic E-state index is 11.7. The van der Waals surface area contributed by atoms with Gasteiger partial charge < -0.3 is 4.18 Å². The van der Waals surface area contributed by atoms with Gasteiger partial charge in [-0.05, 0) is 0 Å². The van der Waals surface area contributed by atoms with Crippen LogP contribution in [0.1, 0.15) is 0 Å². The Hall–Kier alpha value is -0.0200. The van der Waals surface area contributed by atoms with Crippen LogP contribution in [0.4, 0.5) is 8.78 Å². The summed E-state index contributed by atoms with van der Waals surface area (Å²) in [4.78, 5) is 0. The van der Waals surface area contributed by atoms with E-state index in [-0.39, 0.29) is 35.4 Å². The van der Waals surface area contributed by atoms with Gasteiger partial charge in [-0.25, -0.2) is 8.39 Å². The molecule has 1 aromatic rings. The summed E-state index contributed by atoms with van der Waals surface area (Å²) in [5.41, 5.74) is 0. The Morgan fingerprint density at radius 1 is 1.64 bits per heavy atom. The molecule has 0 saturated heterocycles. The van der Waals surface area contributed by atoms with Gasteiger partial charge in [-0.1, -0.05) is 0 Å². The van der Waals surface area contributed by atoms with Gasteiger partial charge in [-0.2, -0.15) is 8.78 Å². The van der Waals surface area contributed by atoms with E-state index in [0.717, 1.165) is 6.26 Å². The van der Waals surface area contributed by atoms with Crippen LogP contribution in [-0.4, -0.2) is 56.8 Å². The molecule has 1 aromatic heterocycles. The molecule has 0 amide bonds. The summed E-state index contributed by atoms with van der Waals surface area (Å²) in [6.07, 6.45) is 2.34. The van der Waals surface area contributed by atoms with Crippen LogP contribution in [0.2, 0.25) is 0 Å². The monoisotopic (exact) mass is 238 g/mol. The number of hydrogen-bond acceptors (Lipinski definition) is 4. The molecule has 0 fully saturated rings. The van der Waals surface area contributed by atoms with Gasteiger partial charge in [0.2, 0.25) is 5.88 Å². The number of H-pyrrole nitrogens is 1. The molecule has 0 atom stereocenters. The van der Waals surface area contributed by atoms with E-state index in [1.54, 1.807) is 0 Å². The third-order valence-electron chi connectivity index (χ3n) is 1.01. The Morgan fingerprint density at radius 2 is 2.29 bits per heavy atom. The number of halogens is 2. The second-order valence-electron chi connectivity index (χ2n) is 2.14. The van der Waals surface area contributed by atoms with Crippen molar-refractivity contribution in [2.75, 3.05) is 6.26 Å². The molecule has 9 heteroatoms. The van der Waals surface area contributed by atoms with E-state index in [0.29, 0.717) is 0 Å². The molecule has 0 aromatic carbocycles. The molecular formula is C5H9F2N2NaO3S. The molecular weight excluding hydrogens is 229 g/mol. The average molecular weight is 238 g/mol. The number of aromatic nitrogens is 2. The molecule has 0 bridgehead atoms. The number of nitrogens with one attached hydrogen (secondary N) is 1. The van der Waals surface area contributed by atoms with Crippen LogP contribution in [0.5, 0.6) is 5.88 Å². The predicted molar refractivity (Wildman–Crippen MR) is 48.9 cm³/mol. The van der Waals surface area contributed by atoms with E-state index >= 15 is 0 Å². The van der Waals surface area contributed by atoms with E-state index in [1.165, 1.54) is 12.3 Å². The first-order chi connectivity index (χ1) is 5.99. The SMILES string of the molecule is C[SH](=O)(Oc1cc[nH]n1)OC(F)F.[NaH]. The molecule has 0 aliphatic rings. The maximum absolute atomic E-state index is 11.7. The van der Waals surface area contributed by atoms with Gasteiger partial charge in [0.15, 0.2) is 0 Å². The molecule has 0 spiro atoms. The molecule has 1 N–H and O–H groups in total. The van der Waals surface area contributed by atoms with Gasteiger partial charge >= 0.3 is 36.2 Å². The minimum atomic E-state index is -3.77. The van der Waals surface area contributed by atoms with Crippen LogP contribution in [-0.2, 0) is 14.7 Å². The van der Waals surface area contributed by atoms with Crippen molar-refractivity contribution in [3.05, 3.63) is 12.3 Å². The summed E-state index contributed by atoms with van der Waals surface area (Å²) >= 11 is 0. The van der Waals surface area contributed by atoms with Crippen molar-refractivity contribution in [1.82, 2.24) is 10.2 Å². The molecule has 1 heterocycles. The number of hydrogen-bond donors (Lipinski definition) is 2. The Morgan fingerprint density at radius 3 is 2.71 bits per heavy atom. The van der Waals surface area contributed by atoms with E-state index < -0.39 is 17.1 Å². The van der Waals surface area contributed by atoms with Crippen molar-refractivity contribution in [2.45, 2.75) is 6.61 Å². The van der Waals surface area contributed by atoms with Crippen LogP contribution < -0.4 is 4.18 Å². The van der Waals surface area contributed by atoms with Gasteiger partial charge in [0, 0.05) is 18.5 Å². The third kappa shape index (κ3) is 5.01. The Balaban J connectivity index is 0.00000169. The zero-order chi connectivity index (χ0) is 9.90. The molecule has 0 unspecified atom stereocenters. The summed E-state index contributed by atoms with van der Waals surface area (Å²) in [6.45, 7) is -3.13. The quantitative estimate of drug-likeness (QED) is 0.566. The second kappa shape index (κ2) is 5.76. The van der Waals surface area contributed by atoms with Crippen molar-refractivity contribution in [2.24, 2.45) is 0 Å². The Kier molecular flexibility index (Phi) is 5.75. The second-order valence-corrected chi connectivity index (χ2v) is 4.08. The van der Waals surface area contributed by atoms with E-state index in [4.69, 9.17) is 0 Å². The van der Waals surface area contributed by atoms with E-state index in [1.807, 2.05) is 0 Å². The third-order valence-corrected chi connectivity index (χ3v) is 2.07. The molecule has 78 valence electrons. The molecule has 0 aliphatic carbocycles. The zero-order valence-electron chi connectivity index (χ0n) is 6.61. The van der Waals surface area contributed by atoms with Crippen LogP contribution in [0.25, 0.3) is 0 Å². The first-order valence-corrected chi connectivity index (χ1v) is 5.22. The molecule has 1 rings (SSSR count). The number of nitrogens with zero attached hydrogens (tertiary/aromatic N) is 1. The fraction of sp³-hybridized carbons (Fsp3) is 0.400. The fourth-order valence-corrected chi connectivity index (χ4v) is 1.41. The molecule has 5 nitrogen and oxygen atoms in total. The van der Waals surface area contributed by atoms with Gasteiger partial charge in [-0.15, -0.1) is 5.10 Å². The van der Waals surface area contributed by atoms with E-state index in [2.05, 4.69) is 18.6 Å². The van der Waals surface area contributed by atoms with Crippen molar-refractivity contribution in [3.63, 3.8) is 0 Å². The summed E-state index contributed by atoms with van der Waals surface area (Å²) < 4.78 is 42.7. The number of rotatable bonds is 4. The van der Waals surface area contributed by atoms with Gasteiger partial charge in [0.1, 0.15) is 10.5 Å². The normalized spacial score (nSPS) is 12.3. The first-order valence-electron chi connectivity index (χ1n) is 3.23. The van der Waals surface area contributed by atoms with Crippen LogP contribution in [0.3, 0.4) is 0 Å². The van der Waals surface area contributed by atoms with Crippen LogP contribution >= 0.6 is 0 Å². The van der Waals surface area contributed by atoms with Gasteiger partial charge in [0.25, 0.3) is 0 Å². The Bertz CT molecular complexity index is 308. The number of alkyl halides is 2. The van der Waals surface area contributed by atoms with Crippen molar-refractivity contribution in [1.29, 1.82) is 0 Å². The summed E-state index contributed by atoms with van der Waals surface area (Å²) in [5, 5.41) is 5.83. The summed E-state index contributed by atoms with van der Waals surface area (Å²) in [5.74, 6) is -0.0496. The first kappa shape index (κ1) is 14.0. The number of aromatic amines is 1. The Labute approximate surface area is 102 Å². The molecule has 14 heavy (non-hydrogen) atoms. The average Bonchev–Trinajstić information content (AvgIpc) is 2.34. The topological polar surface area (TPSA) is 64.2 Å². The van der Waals surface area contributed by atoms with Crippen molar-refractivity contribution < 1.29 is 21.4 Å². The van der Waals surface area contributed by atoms with Crippen molar-refractivity contribution in [3.8, 4) is 5.88 Å². The molecule has 0 radical (unpaired) electrons. The van der Waals surface area contributed by atoms with Gasteiger partial charge in [-0.3, -0.25) is 5.10 Å². The zero-order valence-corrected chi connectivity index (χ0v) is 7.50. The summed E-state index contributed by atoms with van der Waals surface area (Å²) in [7, 11) is -3.77. The molecule has 0 aliphatic heterocycles. The minimum absolute atomic E-state index is 0. The standard InChI is InChI=1S/C5H8F2N2O3S.Na.H/c1-13(10,12-5(6)7)11-4-2-3-8-9-4;;/h2-3,5,13H,1H3,(H,8,9);;. The number of thiol groups is 1. The van der Waals surface area contributed by atoms with Gasteiger partial charge in [0.05, 0.1) is 0 Å². The van der Waals surface area contributed by atoms with Crippen molar-refractivity contribution >= 4 is 40.1 Å². The summed E-state index contributed by atoms with van der Waals surface area (Å²) in [6, 6.07) is 1.34. The molecule has 0 saturated carbocycles. The predicted octanol–water partition coefficient (Wildman–Crippen LogP) is -0.144. The van der Waals surface area contributed by atoms with Crippen LogP contribution in [0.15, 0.2) is 12.3 Å².